The van der Waals surface area contributed by atoms with Crippen molar-refractivity contribution in [3.8, 4) is 0 Å². The van der Waals surface area contributed by atoms with Gasteiger partial charge in [0.2, 0.25) is 0 Å². The van der Waals surface area contributed by atoms with E-state index in [0.717, 1.165) is 0 Å². The Morgan fingerprint density at radius 2 is 2.19 bits per heavy atom. The molecule has 1 amide bonds. The van der Waals surface area contributed by atoms with Crippen LogP contribution in [0.2, 0.25) is 0 Å². The average molecular weight is 315 g/mol. The standard InChI is InChI=1S/C14H18FNO4S/c1-10-8-11(15)2-3-13(10)14(18)16(5-6-17)12-4-7-21(19,20)9-12/h2-3,8,12,17H,4-7,9H2,1H3. The summed E-state index contributed by atoms with van der Waals surface area (Å²) in [5.74, 6) is -0.835. The van der Waals surface area contributed by atoms with Gasteiger partial charge in [0.15, 0.2) is 9.84 Å². The number of amides is 1. The Morgan fingerprint density at radius 1 is 1.48 bits per heavy atom. The molecule has 1 heterocycles. The molecule has 116 valence electrons. The molecule has 5 nitrogen and oxygen atoms in total. The molecule has 1 aromatic carbocycles. The number of hydrogen-bond donors (Lipinski definition) is 1. The van der Waals surface area contributed by atoms with E-state index in [4.69, 9.17) is 5.11 Å². The van der Waals surface area contributed by atoms with Gasteiger partial charge in [-0.3, -0.25) is 4.79 Å². The highest BCUT2D eigenvalue weighted by Gasteiger charge is 2.35. The van der Waals surface area contributed by atoms with Crippen LogP contribution in [-0.2, 0) is 9.84 Å². The summed E-state index contributed by atoms with van der Waals surface area (Å²) in [5, 5.41) is 9.13. The number of carbonyl (C=O) groups is 1. The van der Waals surface area contributed by atoms with Crippen molar-refractivity contribution < 1.29 is 22.7 Å². The fourth-order valence-electron chi connectivity index (χ4n) is 2.60. The third-order valence-corrected chi connectivity index (χ3v) is 5.42. The fraction of sp³-hybridized carbons (Fsp3) is 0.500. The molecule has 1 aliphatic heterocycles. The van der Waals surface area contributed by atoms with E-state index in [1.165, 1.54) is 23.1 Å². The summed E-state index contributed by atoms with van der Waals surface area (Å²) in [6.45, 7) is 1.44. The number of nitrogens with zero attached hydrogens (tertiary/aromatic N) is 1. The molecule has 1 saturated heterocycles. The predicted molar refractivity (Wildman–Crippen MR) is 76.3 cm³/mol. The zero-order chi connectivity index (χ0) is 15.6. The Labute approximate surface area is 123 Å². The van der Waals surface area contributed by atoms with Crippen molar-refractivity contribution in [3.63, 3.8) is 0 Å². The molecule has 0 radical (unpaired) electrons. The van der Waals surface area contributed by atoms with Gasteiger partial charge in [0, 0.05) is 18.2 Å². The normalized spacial score (nSPS) is 20.4. The van der Waals surface area contributed by atoms with Gasteiger partial charge in [0.05, 0.1) is 18.1 Å². The molecule has 1 atom stereocenters. The third-order valence-electron chi connectivity index (χ3n) is 3.67. The van der Waals surface area contributed by atoms with Gasteiger partial charge < -0.3 is 10.0 Å². The first kappa shape index (κ1) is 15.9. The van der Waals surface area contributed by atoms with Gasteiger partial charge in [-0.2, -0.15) is 0 Å². The van der Waals surface area contributed by atoms with Gasteiger partial charge in [0.1, 0.15) is 5.82 Å². The monoisotopic (exact) mass is 315 g/mol. The minimum absolute atomic E-state index is 0.0509. The van der Waals surface area contributed by atoms with Gasteiger partial charge >= 0.3 is 0 Å². The minimum atomic E-state index is -3.13. The molecule has 1 fully saturated rings. The highest BCUT2D eigenvalue weighted by molar-refractivity contribution is 7.91. The molecule has 0 spiro atoms. The van der Waals surface area contributed by atoms with Crippen LogP contribution in [0.4, 0.5) is 4.39 Å². The molecule has 0 saturated carbocycles. The van der Waals surface area contributed by atoms with E-state index in [0.29, 0.717) is 17.5 Å². The van der Waals surface area contributed by atoms with Gasteiger partial charge in [-0.15, -0.1) is 0 Å². The molecule has 0 aliphatic carbocycles. The van der Waals surface area contributed by atoms with Gasteiger partial charge in [-0.25, -0.2) is 12.8 Å². The lowest BCUT2D eigenvalue weighted by Gasteiger charge is -2.28. The Kier molecular flexibility index (Phi) is 4.63. The second kappa shape index (κ2) is 6.11. The molecule has 1 aromatic rings. The van der Waals surface area contributed by atoms with Crippen molar-refractivity contribution in [2.24, 2.45) is 0 Å². The maximum Gasteiger partial charge on any atom is 0.254 e. The molecular formula is C14H18FNO4S. The molecule has 1 aliphatic rings. The summed E-state index contributed by atoms with van der Waals surface area (Å²) in [6.07, 6.45) is 0.369. The lowest BCUT2D eigenvalue weighted by atomic mass is 10.1. The lowest BCUT2D eigenvalue weighted by molar-refractivity contribution is 0.0654. The zero-order valence-electron chi connectivity index (χ0n) is 11.8. The number of carbonyl (C=O) groups excluding carboxylic acids is 1. The summed E-state index contributed by atoms with van der Waals surface area (Å²) < 4.78 is 36.3. The summed E-state index contributed by atoms with van der Waals surface area (Å²) in [4.78, 5) is 13.9. The molecule has 21 heavy (non-hydrogen) atoms. The molecule has 0 aromatic heterocycles. The predicted octanol–water partition coefficient (Wildman–Crippen LogP) is 0.756. The van der Waals surface area contributed by atoms with Gasteiger partial charge in [-0.05, 0) is 37.1 Å². The Morgan fingerprint density at radius 3 is 2.71 bits per heavy atom. The van der Waals surface area contributed by atoms with Crippen molar-refractivity contribution in [1.29, 1.82) is 0 Å². The van der Waals surface area contributed by atoms with Gasteiger partial charge in [0.25, 0.3) is 5.91 Å². The van der Waals surface area contributed by atoms with Crippen LogP contribution < -0.4 is 0 Å². The van der Waals surface area contributed by atoms with E-state index >= 15 is 0 Å². The van der Waals surface area contributed by atoms with E-state index in [2.05, 4.69) is 0 Å². The van der Waals surface area contributed by atoms with Crippen molar-refractivity contribution in [3.05, 3.63) is 35.1 Å². The molecule has 0 bridgehead atoms. The minimum Gasteiger partial charge on any atom is -0.395 e. The summed E-state index contributed by atoms with van der Waals surface area (Å²) in [5.41, 5.74) is 0.818. The van der Waals surface area contributed by atoms with Crippen LogP contribution in [0.3, 0.4) is 0 Å². The number of benzene rings is 1. The van der Waals surface area contributed by atoms with E-state index in [1.807, 2.05) is 0 Å². The van der Waals surface area contributed by atoms with Crippen LogP contribution in [0.1, 0.15) is 22.3 Å². The van der Waals surface area contributed by atoms with E-state index < -0.39 is 21.7 Å². The smallest absolute Gasteiger partial charge is 0.254 e. The topological polar surface area (TPSA) is 74.7 Å². The zero-order valence-corrected chi connectivity index (χ0v) is 12.6. The van der Waals surface area contributed by atoms with Crippen LogP contribution in [0.25, 0.3) is 0 Å². The van der Waals surface area contributed by atoms with E-state index in [1.54, 1.807) is 6.92 Å². The second-order valence-corrected chi connectivity index (χ2v) is 7.47. The number of halogens is 1. The SMILES string of the molecule is Cc1cc(F)ccc1C(=O)N(CCO)C1CCS(=O)(=O)C1. The van der Waals surface area contributed by atoms with Crippen molar-refractivity contribution in [1.82, 2.24) is 4.90 Å². The lowest BCUT2D eigenvalue weighted by Crippen LogP contribution is -2.43. The highest BCUT2D eigenvalue weighted by atomic mass is 32.2. The number of aryl methyl sites for hydroxylation is 1. The number of aliphatic hydroxyl groups is 1. The molecule has 7 heteroatoms. The second-order valence-electron chi connectivity index (χ2n) is 5.24. The first-order chi connectivity index (χ1) is 9.84. The van der Waals surface area contributed by atoms with E-state index in [9.17, 15) is 17.6 Å². The maximum atomic E-state index is 13.1. The molecule has 2 rings (SSSR count). The number of aliphatic hydroxyl groups excluding tert-OH is 1. The van der Waals surface area contributed by atoms with Gasteiger partial charge in [-0.1, -0.05) is 0 Å². The van der Waals surface area contributed by atoms with Crippen LogP contribution in [-0.4, -0.2) is 55.0 Å². The summed E-state index contributed by atoms with van der Waals surface area (Å²) in [7, 11) is -3.13. The molecule has 1 N–H and O–H groups in total. The number of hydrogen-bond acceptors (Lipinski definition) is 4. The highest BCUT2D eigenvalue weighted by Crippen LogP contribution is 2.21. The molecular weight excluding hydrogens is 297 g/mol. The third kappa shape index (κ3) is 3.59. The summed E-state index contributed by atoms with van der Waals surface area (Å²) >= 11 is 0. The van der Waals surface area contributed by atoms with Crippen LogP contribution >= 0.6 is 0 Å². The van der Waals surface area contributed by atoms with Crippen LogP contribution in [0.5, 0.6) is 0 Å². The van der Waals surface area contributed by atoms with Crippen molar-refractivity contribution in [2.75, 3.05) is 24.7 Å². The average Bonchev–Trinajstić information content (AvgIpc) is 2.75. The number of sulfone groups is 1. The molecule has 1 unspecified atom stereocenters. The fourth-order valence-corrected chi connectivity index (χ4v) is 4.33. The Hall–Kier alpha value is -1.47. The summed E-state index contributed by atoms with van der Waals surface area (Å²) in [6, 6.07) is 3.42. The Balaban J connectivity index is 2.27. The largest absolute Gasteiger partial charge is 0.395 e. The van der Waals surface area contributed by atoms with Crippen LogP contribution in [0, 0.1) is 12.7 Å². The maximum absolute atomic E-state index is 13.1. The van der Waals surface area contributed by atoms with Crippen molar-refractivity contribution >= 4 is 15.7 Å². The first-order valence-electron chi connectivity index (χ1n) is 6.72. The van der Waals surface area contributed by atoms with Crippen LogP contribution in [0.15, 0.2) is 18.2 Å². The number of rotatable bonds is 4. The first-order valence-corrected chi connectivity index (χ1v) is 8.54. The van der Waals surface area contributed by atoms with Crippen molar-refractivity contribution in [2.45, 2.75) is 19.4 Å². The Bertz CT molecular complexity index is 644. The van der Waals surface area contributed by atoms with E-state index in [-0.39, 0.29) is 30.6 Å². The quantitative estimate of drug-likeness (QED) is 0.890.